The van der Waals surface area contributed by atoms with Gasteiger partial charge < -0.3 is 9.47 Å². The fourth-order valence-corrected chi connectivity index (χ4v) is 4.28. The van der Waals surface area contributed by atoms with Crippen molar-refractivity contribution in [3.05, 3.63) is 72.4 Å². The molecule has 0 radical (unpaired) electrons. The summed E-state index contributed by atoms with van der Waals surface area (Å²) in [5.74, 6) is -1.47. The molecule has 1 atom stereocenters. The molecule has 0 N–H and O–H groups in total. The lowest BCUT2D eigenvalue weighted by Crippen LogP contribution is -2.41. The lowest BCUT2D eigenvalue weighted by atomic mass is 10.0. The number of alkyl halides is 3. The first-order valence-corrected chi connectivity index (χ1v) is 13.9. The molecule has 0 aliphatic rings. The fourth-order valence-electron chi connectivity index (χ4n) is 4.28. The zero-order valence-corrected chi connectivity index (χ0v) is 22.8. The summed E-state index contributed by atoms with van der Waals surface area (Å²) in [5.41, 5.74) is 4.87. The Balaban J connectivity index is 1.53. The van der Waals surface area contributed by atoms with Crippen LogP contribution in [0.3, 0.4) is 0 Å². The molecular weight excluding hydrogens is 503 g/mol. The van der Waals surface area contributed by atoms with E-state index >= 15 is 0 Å². The highest BCUT2D eigenvalue weighted by molar-refractivity contribution is 5.78. The Hall–Kier alpha value is -3.19. The second-order valence-electron chi connectivity index (χ2n) is 9.74. The Kier molecular flexibility index (Phi) is 12.0. The maximum absolute atomic E-state index is 13.1. The fraction of sp³-hybridized carbons (Fsp3) is 0.438. The first-order valence-electron chi connectivity index (χ1n) is 13.9. The number of halogens is 3. The topological polar surface area (TPSA) is 48.4 Å². The first kappa shape index (κ1) is 30.4. The van der Waals surface area contributed by atoms with Gasteiger partial charge in [-0.3, -0.25) is 4.98 Å². The van der Waals surface area contributed by atoms with E-state index < -0.39 is 18.2 Å². The third-order valence-electron chi connectivity index (χ3n) is 6.49. The van der Waals surface area contributed by atoms with E-state index in [-0.39, 0.29) is 12.4 Å². The molecule has 0 amide bonds. The number of pyridine rings is 1. The van der Waals surface area contributed by atoms with Gasteiger partial charge in [0, 0.05) is 23.9 Å². The molecule has 1 heterocycles. The molecule has 210 valence electrons. The molecule has 3 rings (SSSR count). The molecule has 1 unspecified atom stereocenters. The van der Waals surface area contributed by atoms with Crippen LogP contribution in [0, 0.1) is 0 Å². The van der Waals surface area contributed by atoms with Crippen LogP contribution in [0.2, 0.25) is 0 Å². The third-order valence-corrected chi connectivity index (χ3v) is 6.49. The van der Waals surface area contributed by atoms with E-state index in [0.29, 0.717) is 6.42 Å². The highest BCUT2D eigenvalue weighted by Gasteiger charge is 2.47. The van der Waals surface area contributed by atoms with Crippen LogP contribution in [-0.4, -0.2) is 29.8 Å². The van der Waals surface area contributed by atoms with Crippen molar-refractivity contribution in [1.29, 1.82) is 0 Å². The van der Waals surface area contributed by atoms with E-state index in [1.165, 1.54) is 62.6 Å². The van der Waals surface area contributed by atoms with Crippen LogP contribution in [-0.2, 0) is 16.0 Å². The number of unbranched alkanes of at least 4 members (excludes halogenated alkanes) is 6. The van der Waals surface area contributed by atoms with Crippen LogP contribution in [0.1, 0.15) is 70.8 Å². The minimum atomic E-state index is -4.84. The molecule has 2 aromatic carbocycles. The van der Waals surface area contributed by atoms with Crippen molar-refractivity contribution < 1.29 is 27.4 Å². The van der Waals surface area contributed by atoms with E-state index in [4.69, 9.17) is 4.74 Å². The first-order chi connectivity index (χ1) is 18.8. The number of esters is 1. The van der Waals surface area contributed by atoms with Gasteiger partial charge in [0.2, 0.25) is 0 Å². The monoisotopic (exact) mass is 541 g/mol. The molecule has 0 spiro atoms. The number of ether oxygens (including phenoxy) is 2. The van der Waals surface area contributed by atoms with Crippen LogP contribution < -0.4 is 4.74 Å². The van der Waals surface area contributed by atoms with Crippen LogP contribution in [0.5, 0.6) is 5.75 Å². The molecule has 39 heavy (non-hydrogen) atoms. The molecule has 7 heteroatoms. The number of hydrogen-bond donors (Lipinski definition) is 0. The second-order valence-corrected chi connectivity index (χ2v) is 9.74. The number of carbonyl (C=O) groups excluding carboxylic acids is 1. The van der Waals surface area contributed by atoms with Gasteiger partial charge in [-0.05, 0) is 48.6 Å². The van der Waals surface area contributed by atoms with Gasteiger partial charge in [0.05, 0.1) is 5.69 Å². The van der Waals surface area contributed by atoms with Crippen molar-refractivity contribution >= 4 is 5.97 Å². The number of aromatic nitrogens is 1. The van der Waals surface area contributed by atoms with E-state index in [1.54, 1.807) is 25.3 Å². The Bertz CT molecular complexity index is 1130. The Morgan fingerprint density at radius 3 is 1.97 bits per heavy atom. The summed E-state index contributed by atoms with van der Waals surface area (Å²) in [6.45, 7) is 3.71. The quantitative estimate of drug-likeness (QED) is 0.109. The summed E-state index contributed by atoms with van der Waals surface area (Å²) in [7, 11) is 0. The zero-order chi connectivity index (χ0) is 28.1. The maximum Gasteiger partial charge on any atom is 0.425 e. The van der Waals surface area contributed by atoms with Crippen molar-refractivity contribution in [2.75, 3.05) is 6.61 Å². The number of aryl methyl sites for hydroxylation is 1. The molecule has 0 saturated heterocycles. The number of benzene rings is 2. The molecular formula is C32H38F3NO3. The maximum atomic E-state index is 13.1. The molecule has 1 aromatic heterocycles. The van der Waals surface area contributed by atoms with Gasteiger partial charge in [-0.25, -0.2) is 4.79 Å². The van der Waals surface area contributed by atoms with Crippen molar-refractivity contribution in [2.45, 2.75) is 83.9 Å². The van der Waals surface area contributed by atoms with Crippen LogP contribution in [0.25, 0.3) is 22.4 Å². The average Bonchev–Trinajstić information content (AvgIpc) is 2.93. The van der Waals surface area contributed by atoms with Crippen molar-refractivity contribution in [1.82, 2.24) is 4.98 Å². The normalized spacial score (nSPS) is 12.3. The largest absolute Gasteiger partial charge is 0.425 e. The van der Waals surface area contributed by atoms with E-state index in [2.05, 4.69) is 40.9 Å². The molecule has 4 nitrogen and oxygen atoms in total. The van der Waals surface area contributed by atoms with Gasteiger partial charge in [-0.1, -0.05) is 94.8 Å². The van der Waals surface area contributed by atoms with Gasteiger partial charge in [-0.2, -0.15) is 13.2 Å². The number of carbonyl (C=O) groups is 1. The molecule has 0 aliphatic carbocycles. The van der Waals surface area contributed by atoms with Crippen molar-refractivity contribution in [3.63, 3.8) is 0 Å². The molecule has 0 fully saturated rings. The van der Waals surface area contributed by atoms with E-state index in [1.807, 2.05) is 12.1 Å². The Morgan fingerprint density at radius 1 is 0.769 bits per heavy atom. The van der Waals surface area contributed by atoms with E-state index in [9.17, 15) is 18.0 Å². The number of nitrogens with zero attached hydrogens (tertiary/aromatic N) is 1. The Labute approximate surface area is 229 Å². The lowest BCUT2D eigenvalue weighted by molar-refractivity contribution is -0.225. The molecule has 0 saturated carbocycles. The minimum absolute atomic E-state index is 0.0132. The van der Waals surface area contributed by atoms with Gasteiger partial charge in [0.15, 0.2) is 0 Å². The smallest absolute Gasteiger partial charge is 0.424 e. The summed E-state index contributed by atoms with van der Waals surface area (Å²) >= 11 is 0. The zero-order valence-electron chi connectivity index (χ0n) is 22.8. The van der Waals surface area contributed by atoms with E-state index in [0.717, 1.165) is 28.8 Å². The molecule has 3 aromatic rings. The van der Waals surface area contributed by atoms with Crippen LogP contribution in [0.15, 0.2) is 66.9 Å². The van der Waals surface area contributed by atoms with Crippen molar-refractivity contribution in [2.24, 2.45) is 0 Å². The summed E-state index contributed by atoms with van der Waals surface area (Å²) in [6.07, 6.45) is 4.85. The highest BCUT2D eigenvalue weighted by atomic mass is 19.4. The highest BCUT2D eigenvalue weighted by Crippen LogP contribution is 2.28. The SMILES string of the molecule is CCCCCCCCCc1ccc(-c2ccc(-c3ccc(OC(=O)C(OCCC)C(F)(F)F)cc3)cn2)cc1. The summed E-state index contributed by atoms with van der Waals surface area (Å²) < 4.78 is 49.0. The van der Waals surface area contributed by atoms with Gasteiger partial charge in [0.1, 0.15) is 5.75 Å². The van der Waals surface area contributed by atoms with Gasteiger partial charge >= 0.3 is 12.1 Å². The predicted octanol–water partition coefficient (Wildman–Crippen LogP) is 8.97. The minimum Gasteiger partial charge on any atom is -0.424 e. The van der Waals surface area contributed by atoms with Gasteiger partial charge in [-0.15, -0.1) is 0 Å². The summed E-state index contributed by atoms with van der Waals surface area (Å²) in [5, 5.41) is 0. The third kappa shape index (κ3) is 9.81. The molecule has 0 bridgehead atoms. The Morgan fingerprint density at radius 2 is 1.38 bits per heavy atom. The summed E-state index contributed by atoms with van der Waals surface area (Å²) in [4.78, 5) is 16.6. The molecule has 0 aliphatic heterocycles. The van der Waals surface area contributed by atoms with Crippen molar-refractivity contribution in [3.8, 4) is 28.1 Å². The standard InChI is InChI=1S/C32H38F3NO3/c1-3-5-6-7-8-9-10-11-24-12-14-26(15-13-24)29-21-18-27(23-36-29)25-16-19-28(20-17-25)39-31(37)30(32(33,34)35)38-22-4-2/h12-21,23,30H,3-11,22H2,1-2H3. The second kappa shape index (κ2) is 15.4. The van der Waals surface area contributed by atoms with Gasteiger partial charge in [0.25, 0.3) is 6.10 Å². The number of hydrogen-bond acceptors (Lipinski definition) is 4. The average molecular weight is 542 g/mol. The number of rotatable bonds is 15. The van der Waals surface area contributed by atoms with Crippen LogP contribution in [0.4, 0.5) is 13.2 Å². The summed E-state index contributed by atoms with van der Waals surface area (Å²) in [6, 6.07) is 18.7. The lowest BCUT2D eigenvalue weighted by Gasteiger charge is -2.19. The predicted molar refractivity (Wildman–Crippen MR) is 149 cm³/mol. The van der Waals surface area contributed by atoms with Crippen LogP contribution >= 0.6 is 0 Å².